The number of amides is 4. The summed E-state index contributed by atoms with van der Waals surface area (Å²) in [5.41, 5.74) is 1.37. The number of nitrogens with one attached hydrogen (secondary N) is 3. The third-order valence-corrected chi connectivity index (χ3v) is 6.25. The molecule has 0 radical (unpaired) electrons. The zero-order valence-electron chi connectivity index (χ0n) is 19.2. The number of halogens is 2. The van der Waals surface area contributed by atoms with Gasteiger partial charge < -0.3 is 30.2 Å². The Morgan fingerprint density at radius 3 is 2.29 bits per heavy atom. The van der Waals surface area contributed by atoms with Gasteiger partial charge in [-0.1, -0.05) is 11.6 Å². The van der Waals surface area contributed by atoms with Crippen molar-refractivity contribution in [1.29, 1.82) is 0 Å². The highest BCUT2D eigenvalue weighted by Gasteiger charge is 2.61. The molecule has 3 N–H and O–H groups in total. The molecule has 0 aromatic heterocycles. The van der Waals surface area contributed by atoms with Crippen LogP contribution in [0.4, 0.5) is 31.0 Å². The maximum absolute atomic E-state index is 13.3. The number of carbonyl (C=O) groups excluding carboxylic acids is 2. The van der Waals surface area contributed by atoms with Gasteiger partial charge in [0.05, 0.1) is 5.02 Å². The Hall–Kier alpha value is -2.96. The number of ether oxygens (including phenoxy) is 3. The number of anilines is 3. The van der Waals surface area contributed by atoms with Crippen molar-refractivity contribution in [3.8, 4) is 0 Å². The van der Waals surface area contributed by atoms with Gasteiger partial charge in [0.1, 0.15) is 24.1 Å². The molecular formula is C23H25ClFN5O5. The minimum absolute atomic E-state index is 0.0907. The predicted molar refractivity (Wildman–Crippen MR) is 126 cm³/mol. The van der Waals surface area contributed by atoms with E-state index < -0.39 is 23.9 Å². The second-order valence-corrected chi connectivity index (χ2v) is 9.44. The van der Waals surface area contributed by atoms with E-state index >= 15 is 0 Å². The number of rotatable bonds is 3. The van der Waals surface area contributed by atoms with Gasteiger partial charge >= 0.3 is 12.1 Å². The summed E-state index contributed by atoms with van der Waals surface area (Å²) < 4.78 is 31.3. The Bertz CT molecular complexity index is 1150. The molecule has 3 aliphatic heterocycles. The van der Waals surface area contributed by atoms with Gasteiger partial charge in [-0.15, -0.1) is 0 Å². The maximum Gasteiger partial charge on any atom is 0.338 e. The Balaban J connectivity index is 1.19. The highest BCUT2D eigenvalue weighted by molar-refractivity contribution is 6.31. The van der Waals surface area contributed by atoms with Gasteiger partial charge in [-0.25, -0.2) is 24.0 Å². The first-order valence-electron chi connectivity index (χ1n) is 11.1. The van der Waals surface area contributed by atoms with Crippen LogP contribution in [0.3, 0.4) is 0 Å². The lowest BCUT2D eigenvalue weighted by atomic mass is 10.1. The van der Waals surface area contributed by atoms with Crippen molar-refractivity contribution in [2.45, 2.75) is 44.2 Å². The van der Waals surface area contributed by atoms with Crippen molar-refractivity contribution < 1.29 is 28.2 Å². The van der Waals surface area contributed by atoms with Crippen LogP contribution in [-0.4, -0.2) is 66.0 Å². The quantitative estimate of drug-likeness (QED) is 0.581. The normalized spacial score (nSPS) is 26.8. The summed E-state index contributed by atoms with van der Waals surface area (Å²) in [6.07, 6.45) is -1.40. The van der Waals surface area contributed by atoms with Gasteiger partial charge in [0.25, 0.3) is 0 Å². The summed E-state index contributed by atoms with van der Waals surface area (Å²) in [6, 6.07) is 9.58. The molecule has 4 amide bonds. The zero-order valence-corrected chi connectivity index (χ0v) is 20.0. The van der Waals surface area contributed by atoms with Crippen molar-refractivity contribution in [1.82, 2.24) is 10.0 Å². The fourth-order valence-corrected chi connectivity index (χ4v) is 4.68. The molecule has 2 aromatic rings. The molecule has 12 heteroatoms. The van der Waals surface area contributed by atoms with Gasteiger partial charge in [0.15, 0.2) is 12.0 Å². The van der Waals surface area contributed by atoms with Gasteiger partial charge in [-0.3, -0.25) is 0 Å². The molecule has 0 unspecified atom stereocenters. The molecule has 35 heavy (non-hydrogen) atoms. The number of carbonyl (C=O) groups is 2. The van der Waals surface area contributed by atoms with Crippen molar-refractivity contribution >= 4 is 40.7 Å². The highest BCUT2D eigenvalue weighted by Crippen LogP contribution is 2.42. The van der Waals surface area contributed by atoms with E-state index in [2.05, 4.69) is 16.0 Å². The SMILES string of the molecule is CN1C[C@H]2O[C@H]([C@@H]3OC(C)(C)O[C@@H]32)N1C(=O)Nc1ccc(NC(=O)Nc2ccc(F)c(Cl)c2)cc1. The fraction of sp³-hybridized carbons (Fsp3) is 0.391. The van der Waals surface area contributed by atoms with Crippen LogP contribution in [-0.2, 0) is 14.2 Å². The Kier molecular flexibility index (Phi) is 6.06. The van der Waals surface area contributed by atoms with Crippen LogP contribution in [0.2, 0.25) is 5.02 Å². The molecule has 2 aromatic carbocycles. The molecule has 3 saturated heterocycles. The topological polar surface area (TPSA) is 104 Å². The van der Waals surface area contributed by atoms with E-state index in [1.54, 1.807) is 29.3 Å². The van der Waals surface area contributed by atoms with Gasteiger partial charge in [0.2, 0.25) is 0 Å². The van der Waals surface area contributed by atoms with E-state index in [9.17, 15) is 14.0 Å². The Morgan fingerprint density at radius 2 is 1.60 bits per heavy atom. The van der Waals surface area contributed by atoms with Crippen LogP contribution in [0.5, 0.6) is 0 Å². The number of hydrogen-bond donors (Lipinski definition) is 3. The smallest absolute Gasteiger partial charge is 0.338 e. The van der Waals surface area contributed by atoms with Crippen molar-refractivity contribution in [2.75, 3.05) is 29.5 Å². The molecule has 0 spiro atoms. The lowest BCUT2D eigenvalue weighted by Gasteiger charge is -2.42. The molecule has 0 aliphatic carbocycles. The molecule has 3 heterocycles. The number of likely N-dealkylation sites (N-methyl/N-ethyl adjacent to an activating group) is 1. The second-order valence-electron chi connectivity index (χ2n) is 9.03. The molecule has 4 atom stereocenters. The summed E-state index contributed by atoms with van der Waals surface area (Å²) in [5.74, 6) is -1.30. The summed E-state index contributed by atoms with van der Waals surface area (Å²) in [5, 5.41) is 11.3. The lowest BCUT2D eigenvalue weighted by molar-refractivity contribution is -0.247. The van der Waals surface area contributed by atoms with E-state index in [1.165, 1.54) is 23.2 Å². The van der Waals surface area contributed by atoms with Crippen LogP contribution in [0.25, 0.3) is 0 Å². The number of fused-ring (bicyclic) bond motifs is 5. The van der Waals surface area contributed by atoms with E-state index in [1.807, 2.05) is 20.9 Å². The standard InChI is InChI=1S/C23H25ClFN5O5/c1-23(2)34-18-17-11-29(3)30(20(33-17)19(18)35-23)22(32)28-13-6-4-12(5-7-13)26-21(31)27-14-8-9-16(25)15(24)10-14/h4-10,17-20H,11H2,1-3H3,(H,28,32)(H2,26,27,31)/t17-,18-,19-,20-/m1/s1. The van der Waals surface area contributed by atoms with Crippen LogP contribution < -0.4 is 16.0 Å². The van der Waals surface area contributed by atoms with E-state index in [-0.39, 0.29) is 29.4 Å². The molecular weight excluding hydrogens is 481 g/mol. The largest absolute Gasteiger partial charge is 0.346 e. The summed E-state index contributed by atoms with van der Waals surface area (Å²) in [6.45, 7) is 4.18. The molecule has 10 nitrogen and oxygen atoms in total. The molecule has 3 aliphatic rings. The zero-order chi connectivity index (χ0) is 24.9. The van der Waals surface area contributed by atoms with Gasteiger partial charge in [0, 0.05) is 30.7 Å². The van der Waals surface area contributed by atoms with Gasteiger partial charge in [-0.2, -0.15) is 0 Å². The third kappa shape index (κ3) is 4.78. The predicted octanol–water partition coefficient (Wildman–Crippen LogP) is 4.06. The number of benzene rings is 2. The van der Waals surface area contributed by atoms with E-state index in [4.69, 9.17) is 25.8 Å². The van der Waals surface area contributed by atoms with Crippen LogP contribution in [0.15, 0.2) is 42.5 Å². The Labute approximate surface area is 206 Å². The number of hydrogen-bond acceptors (Lipinski definition) is 6. The minimum atomic E-state index is -0.730. The summed E-state index contributed by atoms with van der Waals surface area (Å²) >= 11 is 5.73. The minimum Gasteiger partial charge on any atom is -0.346 e. The number of hydrazine groups is 1. The van der Waals surface area contributed by atoms with Crippen molar-refractivity contribution in [3.05, 3.63) is 53.3 Å². The van der Waals surface area contributed by atoms with E-state index in [0.717, 1.165) is 0 Å². The molecule has 5 rings (SSSR count). The number of nitrogens with zero attached hydrogens (tertiary/aromatic N) is 2. The summed E-state index contributed by atoms with van der Waals surface area (Å²) in [7, 11) is 1.81. The highest BCUT2D eigenvalue weighted by atomic mass is 35.5. The molecule has 186 valence electrons. The van der Waals surface area contributed by atoms with Crippen molar-refractivity contribution in [2.24, 2.45) is 0 Å². The molecule has 3 fully saturated rings. The third-order valence-electron chi connectivity index (χ3n) is 5.96. The van der Waals surface area contributed by atoms with Crippen molar-refractivity contribution in [3.63, 3.8) is 0 Å². The van der Waals surface area contributed by atoms with Crippen LogP contribution in [0, 0.1) is 5.82 Å². The average Bonchev–Trinajstić information content (AvgIpc) is 3.24. The second kappa shape index (κ2) is 8.92. The fourth-order valence-electron chi connectivity index (χ4n) is 4.50. The maximum atomic E-state index is 13.3. The van der Waals surface area contributed by atoms with Gasteiger partial charge in [-0.05, 0) is 56.3 Å². The van der Waals surface area contributed by atoms with E-state index in [0.29, 0.717) is 23.6 Å². The first-order valence-corrected chi connectivity index (χ1v) is 11.4. The average molecular weight is 506 g/mol. The first kappa shape index (κ1) is 23.8. The molecule has 2 bridgehead atoms. The number of urea groups is 2. The summed E-state index contributed by atoms with van der Waals surface area (Å²) in [4.78, 5) is 25.3. The van der Waals surface area contributed by atoms with Crippen LogP contribution in [0.1, 0.15) is 13.8 Å². The first-order chi connectivity index (χ1) is 16.6. The lowest BCUT2D eigenvalue weighted by Crippen LogP contribution is -2.59. The van der Waals surface area contributed by atoms with Crippen LogP contribution >= 0.6 is 11.6 Å². The molecule has 0 saturated carbocycles. The Morgan fingerprint density at radius 1 is 1.00 bits per heavy atom. The monoisotopic (exact) mass is 505 g/mol.